The number of aromatic amines is 1. The Morgan fingerprint density at radius 1 is 1.36 bits per heavy atom. The third-order valence-electron chi connectivity index (χ3n) is 4.66. The lowest BCUT2D eigenvalue weighted by molar-refractivity contribution is 0.0701. The number of likely N-dealkylation sites (tertiary alicyclic amines) is 1. The van der Waals surface area contributed by atoms with Crippen molar-refractivity contribution in [3.8, 4) is 0 Å². The number of aromatic nitrogens is 4. The molecule has 1 unspecified atom stereocenters. The molecule has 1 N–H and O–H groups in total. The minimum absolute atomic E-state index is 0.0917. The van der Waals surface area contributed by atoms with Gasteiger partial charge in [0.2, 0.25) is 0 Å². The summed E-state index contributed by atoms with van der Waals surface area (Å²) in [6.45, 7) is 1.33. The van der Waals surface area contributed by atoms with Gasteiger partial charge in [0, 0.05) is 48.2 Å². The number of hydrogen-bond acceptors (Lipinski definition) is 3. The van der Waals surface area contributed by atoms with Gasteiger partial charge in [-0.3, -0.25) is 9.48 Å². The molecular formula is C17H17Cl2N5O. The normalized spacial score (nSPS) is 18.0. The summed E-state index contributed by atoms with van der Waals surface area (Å²) in [6.07, 6.45) is 3.84. The van der Waals surface area contributed by atoms with Gasteiger partial charge < -0.3 is 9.88 Å². The molecule has 1 aliphatic rings. The summed E-state index contributed by atoms with van der Waals surface area (Å²) in [6, 6.07) is 5.37. The minimum Gasteiger partial charge on any atom is -0.349 e. The van der Waals surface area contributed by atoms with Gasteiger partial charge in [0.25, 0.3) is 5.91 Å². The number of carbonyl (C=O) groups excluding carboxylic acids is 1. The molecule has 1 aliphatic heterocycles. The lowest BCUT2D eigenvalue weighted by Crippen LogP contribution is -2.39. The maximum Gasteiger partial charge on any atom is 0.271 e. The van der Waals surface area contributed by atoms with E-state index in [4.69, 9.17) is 23.2 Å². The Balaban J connectivity index is 1.61. The third kappa shape index (κ3) is 3.00. The molecule has 2 aromatic heterocycles. The van der Waals surface area contributed by atoms with Crippen molar-refractivity contribution < 1.29 is 4.79 Å². The van der Waals surface area contributed by atoms with Crippen molar-refractivity contribution in [2.45, 2.75) is 18.8 Å². The average Bonchev–Trinajstić information content (AvgIpc) is 3.19. The number of hydrogen-bond donors (Lipinski definition) is 1. The van der Waals surface area contributed by atoms with E-state index in [0.29, 0.717) is 28.8 Å². The summed E-state index contributed by atoms with van der Waals surface area (Å²) in [4.78, 5) is 18.0. The second-order valence-electron chi connectivity index (χ2n) is 6.41. The maximum absolute atomic E-state index is 13.0. The van der Waals surface area contributed by atoms with Crippen LogP contribution in [0, 0.1) is 0 Å². The van der Waals surface area contributed by atoms with Crippen molar-refractivity contribution in [3.63, 3.8) is 0 Å². The zero-order valence-electron chi connectivity index (χ0n) is 13.7. The van der Waals surface area contributed by atoms with E-state index in [1.807, 2.05) is 24.2 Å². The first-order valence-electron chi connectivity index (χ1n) is 8.15. The maximum atomic E-state index is 13.0. The van der Waals surface area contributed by atoms with Crippen LogP contribution in [-0.4, -0.2) is 43.9 Å². The largest absolute Gasteiger partial charge is 0.349 e. The second kappa shape index (κ2) is 6.35. The number of nitrogens with zero attached hydrogens (tertiary/aromatic N) is 4. The fraction of sp³-hybridized carbons (Fsp3) is 0.353. The van der Waals surface area contributed by atoms with E-state index in [2.05, 4.69) is 15.3 Å². The fourth-order valence-electron chi connectivity index (χ4n) is 3.39. The molecular weight excluding hydrogens is 361 g/mol. The van der Waals surface area contributed by atoms with Crippen molar-refractivity contribution in [1.82, 2.24) is 24.9 Å². The van der Waals surface area contributed by atoms with Crippen molar-refractivity contribution in [3.05, 3.63) is 45.8 Å². The van der Waals surface area contributed by atoms with Gasteiger partial charge in [0.05, 0.1) is 10.7 Å². The Bertz CT molecular complexity index is 948. The van der Waals surface area contributed by atoms with Gasteiger partial charge in [0.1, 0.15) is 5.69 Å². The van der Waals surface area contributed by atoms with E-state index in [1.54, 1.807) is 16.8 Å². The van der Waals surface area contributed by atoms with Gasteiger partial charge in [-0.05, 0) is 31.0 Å². The average molecular weight is 378 g/mol. The Hall–Kier alpha value is -2.05. The third-order valence-corrected chi connectivity index (χ3v) is 5.29. The van der Waals surface area contributed by atoms with Crippen molar-refractivity contribution in [2.24, 2.45) is 7.05 Å². The number of aryl methyl sites for hydroxylation is 1. The lowest BCUT2D eigenvalue weighted by atomic mass is 9.95. The molecule has 1 aromatic carbocycles. The number of fused-ring (bicyclic) bond motifs is 1. The molecule has 3 aromatic rings. The number of benzene rings is 1. The summed E-state index contributed by atoms with van der Waals surface area (Å²) in [5.74, 6) is 0.106. The molecule has 1 saturated heterocycles. The molecule has 1 fully saturated rings. The smallest absolute Gasteiger partial charge is 0.271 e. The zero-order chi connectivity index (χ0) is 17.6. The molecule has 0 bridgehead atoms. The Kier molecular flexibility index (Phi) is 4.17. The molecule has 4 rings (SSSR count). The Labute approximate surface area is 154 Å². The molecule has 3 heterocycles. The molecule has 130 valence electrons. The number of nitrogens with one attached hydrogen (secondary N) is 1. The van der Waals surface area contributed by atoms with Crippen LogP contribution in [0.25, 0.3) is 10.9 Å². The van der Waals surface area contributed by atoms with Gasteiger partial charge in [-0.2, -0.15) is 0 Å². The first-order chi connectivity index (χ1) is 12.0. The van der Waals surface area contributed by atoms with Crippen LogP contribution in [0.2, 0.25) is 10.0 Å². The summed E-state index contributed by atoms with van der Waals surface area (Å²) in [5, 5.41) is 9.96. The molecule has 25 heavy (non-hydrogen) atoms. The molecule has 0 spiro atoms. The van der Waals surface area contributed by atoms with E-state index in [-0.39, 0.29) is 11.8 Å². The monoisotopic (exact) mass is 377 g/mol. The van der Waals surface area contributed by atoms with E-state index < -0.39 is 0 Å². The van der Waals surface area contributed by atoms with Crippen molar-refractivity contribution >= 4 is 40.0 Å². The van der Waals surface area contributed by atoms with Crippen LogP contribution in [0.3, 0.4) is 0 Å². The van der Waals surface area contributed by atoms with Gasteiger partial charge in [-0.25, -0.2) is 0 Å². The van der Waals surface area contributed by atoms with E-state index in [9.17, 15) is 4.79 Å². The summed E-state index contributed by atoms with van der Waals surface area (Å²) < 4.78 is 1.69. The predicted molar refractivity (Wildman–Crippen MR) is 97.2 cm³/mol. The number of H-pyrrole nitrogens is 1. The second-order valence-corrected chi connectivity index (χ2v) is 7.23. The number of amides is 1. The standard InChI is InChI=1S/C17H17Cl2N5O/c1-23-9-14(21-22-23)10-3-2-6-24(8-10)17(25)16-15(19)12-7-11(18)4-5-13(12)20-16/h4-5,7,9-10,20H,2-3,6,8H2,1H3. The molecule has 0 radical (unpaired) electrons. The highest BCUT2D eigenvalue weighted by molar-refractivity contribution is 6.39. The number of halogens is 2. The number of carbonyl (C=O) groups is 1. The van der Waals surface area contributed by atoms with Crippen LogP contribution in [0.15, 0.2) is 24.4 Å². The number of rotatable bonds is 2. The van der Waals surface area contributed by atoms with E-state index >= 15 is 0 Å². The highest BCUT2D eigenvalue weighted by Gasteiger charge is 2.29. The highest BCUT2D eigenvalue weighted by Crippen LogP contribution is 2.32. The molecule has 6 nitrogen and oxygen atoms in total. The predicted octanol–water partition coefficient (Wildman–Crippen LogP) is 3.62. The lowest BCUT2D eigenvalue weighted by Gasteiger charge is -2.31. The van der Waals surface area contributed by atoms with Gasteiger partial charge in [0.15, 0.2) is 0 Å². The topological polar surface area (TPSA) is 66.8 Å². The molecule has 0 saturated carbocycles. The van der Waals surface area contributed by atoms with Crippen LogP contribution in [-0.2, 0) is 7.05 Å². The zero-order valence-corrected chi connectivity index (χ0v) is 15.2. The quantitative estimate of drug-likeness (QED) is 0.741. The summed E-state index contributed by atoms with van der Waals surface area (Å²) in [7, 11) is 1.84. The van der Waals surface area contributed by atoms with Crippen LogP contribution in [0.1, 0.15) is 34.9 Å². The SMILES string of the molecule is Cn1cc(C2CCCN(C(=O)c3[nH]c4ccc(Cl)cc4c3Cl)C2)nn1. The first-order valence-corrected chi connectivity index (χ1v) is 8.90. The summed E-state index contributed by atoms with van der Waals surface area (Å²) in [5.41, 5.74) is 2.15. The van der Waals surface area contributed by atoms with Crippen LogP contribution >= 0.6 is 23.2 Å². The van der Waals surface area contributed by atoms with Crippen LogP contribution in [0.5, 0.6) is 0 Å². The van der Waals surface area contributed by atoms with Crippen molar-refractivity contribution in [2.75, 3.05) is 13.1 Å². The Morgan fingerprint density at radius 3 is 2.96 bits per heavy atom. The van der Waals surface area contributed by atoms with E-state index in [1.165, 1.54) is 0 Å². The van der Waals surface area contributed by atoms with Gasteiger partial charge >= 0.3 is 0 Å². The molecule has 1 amide bonds. The van der Waals surface area contributed by atoms with E-state index in [0.717, 1.165) is 29.4 Å². The molecule has 1 atom stereocenters. The highest BCUT2D eigenvalue weighted by atomic mass is 35.5. The minimum atomic E-state index is -0.0917. The van der Waals surface area contributed by atoms with Gasteiger partial charge in [-0.1, -0.05) is 28.4 Å². The molecule has 0 aliphatic carbocycles. The van der Waals surface area contributed by atoms with Crippen LogP contribution in [0.4, 0.5) is 0 Å². The fourth-order valence-corrected chi connectivity index (χ4v) is 3.85. The van der Waals surface area contributed by atoms with Gasteiger partial charge in [-0.15, -0.1) is 5.10 Å². The Morgan fingerprint density at radius 2 is 2.20 bits per heavy atom. The summed E-state index contributed by atoms with van der Waals surface area (Å²) >= 11 is 12.5. The first kappa shape index (κ1) is 16.4. The number of piperidine rings is 1. The van der Waals surface area contributed by atoms with Crippen molar-refractivity contribution in [1.29, 1.82) is 0 Å². The molecule has 8 heteroatoms. The van der Waals surface area contributed by atoms with Crippen LogP contribution < -0.4 is 0 Å².